The SMILES string of the molecule is C[C@H]1CN(c2nc(Cc3ccc(F)cc3)ns2)CC[NH2+]1. The number of hydrogen-bond acceptors (Lipinski definition) is 4. The molecule has 6 heteroatoms. The number of nitrogens with two attached hydrogens (primary N) is 1. The molecule has 4 nitrogen and oxygen atoms in total. The monoisotopic (exact) mass is 293 g/mol. The molecule has 0 radical (unpaired) electrons. The highest BCUT2D eigenvalue weighted by atomic mass is 32.1. The van der Waals surface area contributed by atoms with Crippen molar-refractivity contribution in [2.45, 2.75) is 19.4 Å². The molecule has 1 fully saturated rings. The minimum absolute atomic E-state index is 0.209. The highest BCUT2D eigenvalue weighted by Gasteiger charge is 2.21. The van der Waals surface area contributed by atoms with E-state index in [1.807, 2.05) is 0 Å². The van der Waals surface area contributed by atoms with E-state index in [4.69, 9.17) is 0 Å². The van der Waals surface area contributed by atoms with Gasteiger partial charge in [0.05, 0.1) is 19.6 Å². The zero-order chi connectivity index (χ0) is 13.9. The number of hydrogen-bond donors (Lipinski definition) is 1. The Morgan fingerprint density at radius 3 is 2.95 bits per heavy atom. The van der Waals surface area contributed by atoms with E-state index < -0.39 is 0 Å². The van der Waals surface area contributed by atoms with E-state index in [9.17, 15) is 4.39 Å². The van der Waals surface area contributed by atoms with E-state index in [2.05, 4.69) is 26.5 Å². The molecule has 0 aliphatic carbocycles. The van der Waals surface area contributed by atoms with Gasteiger partial charge >= 0.3 is 0 Å². The topological polar surface area (TPSA) is 45.6 Å². The summed E-state index contributed by atoms with van der Waals surface area (Å²) in [6.45, 7) is 5.38. The number of aromatic nitrogens is 2. The Bertz CT molecular complexity index is 569. The maximum atomic E-state index is 12.9. The third kappa shape index (κ3) is 3.13. The molecule has 0 spiro atoms. The number of quaternary nitrogens is 1. The summed E-state index contributed by atoms with van der Waals surface area (Å²) in [5, 5.41) is 3.36. The third-order valence-corrected chi connectivity index (χ3v) is 4.29. The quantitative estimate of drug-likeness (QED) is 0.920. The molecule has 0 saturated carbocycles. The summed E-state index contributed by atoms with van der Waals surface area (Å²) in [5.41, 5.74) is 1.04. The van der Waals surface area contributed by atoms with Gasteiger partial charge in [-0.3, -0.25) is 0 Å². The maximum Gasteiger partial charge on any atom is 0.205 e. The predicted molar refractivity (Wildman–Crippen MR) is 77.6 cm³/mol. The van der Waals surface area contributed by atoms with Crippen molar-refractivity contribution in [3.8, 4) is 0 Å². The Hall–Kier alpha value is -1.53. The van der Waals surface area contributed by atoms with Gasteiger partial charge in [-0.1, -0.05) is 12.1 Å². The second kappa shape index (κ2) is 5.85. The minimum Gasteiger partial charge on any atom is -0.341 e. The van der Waals surface area contributed by atoms with Crippen LogP contribution < -0.4 is 10.2 Å². The van der Waals surface area contributed by atoms with Crippen molar-refractivity contribution in [2.75, 3.05) is 24.5 Å². The molecule has 1 aliphatic rings. The summed E-state index contributed by atoms with van der Waals surface area (Å²) in [4.78, 5) is 6.91. The van der Waals surface area contributed by atoms with Crippen molar-refractivity contribution in [1.82, 2.24) is 9.36 Å². The van der Waals surface area contributed by atoms with Gasteiger partial charge in [0.25, 0.3) is 0 Å². The molecule has 1 aliphatic heterocycles. The van der Waals surface area contributed by atoms with Crippen LogP contribution in [-0.4, -0.2) is 35.0 Å². The smallest absolute Gasteiger partial charge is 0.205 e. The van der Waals surface area contributed by atoms with E-state index in [1.165, 1.54) is 23.7 Å². The third-order valence-electron chi connectivity index (χ3n) is 3.48. The van der Waals surface area contributed by atoms with Crippen LogP contribution in [0.15, 0.2) is 24.3 Å². The van der Waals surface area contributed by atoms with Crippen molar-refractivity contribution in [3.05, 3.63) is 41.5 Å². The molecule has 0 amide bonds. The first-order chi connectivity index (χ1) is 9.70. The van der Waals surface area contributed by atoms with Gasteiger partial charge in [-0.15, -0.1) is 0 Å². The van der Waals surface area contributed by atoms with Crippen LogP contribution in [0.4, 0.5) is 9.52 Å². The van der Waals surface area contributed by atoms with Crippen molar-refractivity contribution in [1.29, 1.82) is 0 Å². The van der Waals surface area contributed by atoms with Gasteiger partial charge in [-0.25, -0.2) is 9.37 Å². The van der Waals surface area contributed by atoms with Crippen LogP contribution in [0.1, 0.15) is 18.3 Å². The van der Waals surface area contributed by atoms with Crippen LogP contribution >= 0.6 is 11.5 Å². The van der Waals surface area contributed by atoms with Crippen LogP contribution in [-0.2, 0) is 6.42 Å². The number of piperazine rings is 1. The van der Waals surface area contributed by atoms with Gasteiger partial charge in [-0.2, -0.15) is 4.37 Å². The van der Waals surface area contributed by atoms with Crippen molar-refractivity contribution >= 4 is 16.7 Å². The first kappa shape index (κ1) is 13.5. The molecule has 2 heterocycles. The molecule has 0 bridgehead atoms. The van der Waals surface area contributed by atoms with Crippen molar-refractivity contribution < 1.29 is 9.71 Å². The van der Waals surface area contributed by atoms with E-state index in [-0.39, 0.29) is 5.82 Å². The maximum absolute atomic E-state index is 12.9. The number of rotatable bonds is 3. The summed E-state index contributed by atoms with van der Waals surface area (Å²) < 4.78 is 17.3. The summed E-state index contributed by atoms with van der Waals surface area (Å²) in [6.07, 6.45) is 0.659. The first-order valence-electron chi connectivity index (χ1n) is 6.86. The van der Waals surface area contributed by atoms with E-state index in [0.717, 1.165) is 36.2 Å². The molecule has 106 valence electrons. The van der Waals surface area contributed by atoms with E-state index >= 15 is 0 Å². The summed E-state index contributed by atoms with van der Waals surface area (Å²) >= 11 is 1.46. The Balaban J connectivity index is 1.68. The minimum atomic E-state index is -0.209. The predicted octanol–water partition coefficient (Wildman–Crippen LogP) is 1.04. The van der Waals surface area contributed by atoms with Crippen LogP contribution in [0.25, 0.3) is 0 Å². The molecule has 1 atom stereocenters. The second-order valence-electron chi connectivity index (χ2n) is 5.24. The normalized spacial score (nSPS) is 19.3. The molecule has 2 N–H and O–H groups in total. The van der Waals surface area contributed by atoms with Crippen LogP contribution in [0.5, 0.6) is 0 Å². The second-order valence-corrected chi connectivity index (χ2v) is 5.97. The average molecular weight is 293 g/mol. The zero-order valence-corrected chi connectivity index (χ0v) is 12.2. The van der Waals surface area contributed by atoms with Crippen molar-refractivity contribution in [3.63, 3.8) is 0 Å². The fourth-order valence-electron chi connectivity index (χ4n) is 2.43. The molecule has 1 saturated heterocycles. The van der Waals surface area contributed by atoms with Gasteiger partial charge in [0.1, 0.15) is 17.7 Å². The molecule has 1 aromatic heterocycles. The van der Waals surface area contributed by atoms with E-state index in [0.29, 0.717) is 12.5 Å². The van der Waals surface area contributed by atoms with Crippen LogP contribution in [0.2, 0.25) is 0 Å². The first-order valence-corrected chi connectivity index (χ1v) is 7.63. The number of anilines is 1. The molecular formula is C14H18FN4S+. The van der Waals surface area contributed by atoms with Gasteiger partial charge in [0.2, 0.25) is 5.13 Å². The molecule has 0 unspecified atom stereocenters. The number of nitrogens with zero attached hydrogens (tertiary/aromatic N) is 3. The Morgan fingerprint density at radius 1 is 1.40 bits per heavy atom. The average Bonchev–Trinajstić information content (AvgIpc) is 2.90. The summed E-state index contributed by atoms with van der Waals surface area (Å²) in [7, 11) is 0. The van der Waals surface area contributed by atoms with Crippen LogP contribution in [0, 0.1) is 5.82 Å². The highest BCUT2D eigenvalue weighted by molar-refractivity contribution is 7.09. The number of halogens is 1. The molecule has 1 aromatic carbocycles. The highest BCUT2D eigenvalue weighted by Crippen LogP contribution is 2.19. The molecule has 2 aromatic rings. The lowest BCUT2D eigenvalue weighted by Gasteiger charge is -2.28. The Labute approximate surface area is 121 Å². The van der Waals surface area contributed by atoms with Crippen molar-refractivity contribution in [2.24, 2.45) is 0 Å². The zero-order valence-electron chi connectivity index (χ0n) is 11.4. The van der Waals surface area contributed by atoms with E-state index in [1.54, 1.807) is 12.1 Å². The lowest BCUT2D eigenvalue weighted by Crippen LogP contribution is -2.94. The lowest BCUT2D eigenvalue weighted by atomic mass is 10.1. The summed E-state index contributed by atoms with van der Waals surface area (Å²) in [5.74, 6) is 0.609. The number of benzene rings is 1. The molecular weight excluding hydrogens is 275 g/mol. The van der Waals surface area contributed by atoms with Gasteiger partial charge in [0.15, 0.2) is 0 Å². The van der Waals surface area contributed by atoms with Crippen LogP contribution in [0.3, 0.4) is 0 Å². The fraction of sp³-hybridized carbons (Fsp3) is 0.429. The van der Waals surface area contributed by atoms with Gasteiger partial charge in [-0.05, 0) is 24.6 Å². The molecule has 20 heavy (non-hydrogen) atoms. The lowest BCUT2D eigenvalue weighted by molar-refractivity contribution is -0.687. The summed E-state index contributed by atoms with van der Waals surface area (Å²) in [6, 6.07) is 7.13. The molecule has 3 rings (SSSR count). The Morgan fingerprint density at radius 2 is 2.20 bits per heavy atom. The van der Waals surface area contributed by atoms with Gasteiger partial charge in [0, 0.05) is 18.0 Å². The Kier molecular flexibility index (Phi) is 3.93. The van der Waals surface area contributed by atoms with Gasteiger partial charge < -0.3 is 10.2 Å². The largest absolute Gasteiger partial charge is 0.341 e. The fourth-order valence-corrected chi connectivity index (χ4v) is 3.15. The standard InChI is InChI=1S/C14H17FN4S/c1-10-9-19(7-6-16-10)14-17-13(18-20-14)8-11-2-4-12(15)5-3-11/h2-5,10,16H,6-9H2,1H3/p+1/t10-/m0/s1.